The summed E-state index contributed by atoms with van der Waals surface area (Å²) in [6.45, 7) is 0. The maximum absolute atomic E-state index is 12.1. The van der Waals surface area contributed by atoms with Gasteiger partial charge in [0.05, 0.1) is 11.7 Å². The lowest BCUT2D eigenvalue weighted by molar-refractivity contribution is 0.100. The molecule has 0 aromatic heterocycles. The summed E-state index contributed by atoms with van der Waals surface area (Å²) in [4.78, 5) is 12.1. The van der Waals surface area contributed by atoms with Gasteiger partial charge in [0, 0.05) is 11.7 Å². The lowest BCUT2D eigenvalue weighted by Crippen LogP contribution is -2.29. The monoisotopic (exact) mass is 360 g/mol. The van der Waals surface area contributed by atoms with E-state index in [-0.39, 0.29) is 12.1 Å². The largest absolute Gasteiger partial charge is 0.393 e. The molecular weight excluding hydrogens is 336 g/mol. The molecule has 0 saturated heterocycles. The Hall–Kier alpha value is -2.85. The summed E-state index contributed by atoms with van der Waals surface area (Å²) in [5.41, 5.74) is 9.02. The van der Waals surface area contributed by atoms with Crippen LogP contribution in [0.4, 0.5) is 5.69 Å². The number of aliphatic hydroxyl groups is 1. The molecule has 3 aromatic carbocycles. The fraction of sp³-hybridized carbons (Fsp3) is 0.261. The standard InChI is InChI=1S/C23H24N2O2/c24-23(27)21-14-16(20-7-3-5-15-4-1-2-6-19(15)20)8-13-22(21)25-17-9-11-18(26)12-10-17/h1-8,13-14,17-18,25-26H,9-12H2,(H2,24,27). The van der Waals surface area contributed by atoms with Crippen molar-refractivity contribution in [1.29, 1.82) is 0 Å². The Morgan fingerprint density at radius 3 is 2.48 bits per heavy atom. The van der Waals surface area contributed by atoms with E-state index in [0.29, 0.717) is 5.56 Å². The van der Waals surface area contributed by atoms with E-state index in [9.17, 15) is 9.90 Å². The van der Waals surface area contributed by atoms with Gasteiger partial charge in [-0.05, 0) is 59.7 Å². The van der Waals surface area contributed by atoms with Gasteiger partial charge in [-0.25, -0.2) is 0 Å². The lowest BCUT2D eigenvalue weighted by atomic mass is 9.92. The summed E-state index contributed by atoms with van der Waals surface area (Å²) in [6, 6.07) is 20.5. The number of hydrogen-bond acceptors (Lipinski definition) is 3. The molecule has 1 aliphatic carbocycles. The highest BCUT2D eigenvalue weighted by molar-refractivity contribution is 6.02. The number of primary amides is 1. The zero-order chi connectivity index (χ0) is 18.8. The summed E-state index contributed by atoms with van der Waals surface area (Å²) in [6.07, 6.45) is 3.16. The van der Waals surface area contributed by atoms with Crippen LogP contribution in [-0.4, -0.2) is 23.2 Å². The van der Waals surface area contributed by atoms with Crippen LogP contribution in [0.25, 0.3) is 21.9 Å². The summed E-state index contributed by atoms with van der Waals surface area (Å²) in [7, 11) is 0. The Kier molecular flexibility index (Phi) is 4.82. The number of anilines is 1. The highest BCUT2D eigenvalue weighted by atomic mass is 16.3. The number of nitrogens with one attached hydrogen (secondary N) is 1. The quantitative estimate of drug-likeness (QED) is 0.648. The molecular formula is C23H24N2O2. The number of rotatable bonds is 4. The van der Waals surface area contributed by atoms with Crippen molar-refractivity contribution in [1.82, 2.24) is 0 Å². The number of carbonyl (C=O) groups is 1. The molecule has 4 N–H and O–H groups in total. The molecule has 27 heavy (non-hydrogen) atoms. The molecule has 0 radical (unpaired) electrons. The Morgan fingerprint density at radius 2 is 1.70 bits per heavy atom. The Morgan fingerprint density at radius 1 is 0.963 bits per heavy atom. The minimum absolute atomic E-state index is 0.201. The fourth-order valence-corrected chi connectivity index (χ4v) is 3.96. The third kappa shape index (κ3) is 3.67. The zero-order valence-corrected chi connectivity index (χ0v) is 15.2. The van der Waals surface area contributed by atoms with Gasteiger partial charge in [0.15, 0.2) is 0 Å². The maximum atomic E-state index is 12.1. The van der Waals surface area contributed by atoms with E-state index >= 15 is 0 Å². The Bertz CT molecular complexity index is 970. The smallest absolute Gasteiger partial charge is 0.250 e. The van der Waals surface area contributed by atoms with E-state index in [1.54, 1.807) is 0 Å². The lowest BCUT2D eigenvalue weighted by Gasteiger charge is -2.27. The number of fused-ring (bicyclic) bond motifs is 1. The molecule has 1 amide bonds. The van der Waals surface area contributed by atoms with Crippen molar-refractivity contribution in [2.75, 3.05) is 5.32 Å². The number of benzene rings is 3. The van der Waals surface area contributed by atoms with E-state index < -0.39 is 5.91 Å². The van der Waals surface area contributed by atoms with E-state index in [4.69, 9.17) is 5.73 Å². The van der Waals surface area contributed by atoms with Gasteiger partial charge in [0.1, 0.15) is 0 Å². The first-order valence-corrected chi connectivity index (χ1v) is 9.48. The van der Waals surface area contributed by atoms with Crippen LogP contribution < -0.4 is 11.1 Å². The van der Waals surface area contributed by atoms with Gasteiger partial charge < -0.3 is 16.2 Å². The van der Waals surface area contributed by atoms with Crippen molar-refractivity contribution < 1.29 is 9.90 Å². The minimum Gasteiger partial charge on any atom is -0.393 e. The van der Waals surface area contributed by atoms with Crippen LogP contribution in [0.2, 0.25) is 0 Å². The van der Waals surface area contributed by atoms with Crippen molar-refractivity contribution in [2.24, 2.45) is 5.73 Å². The fourth-order valence-electron chi connectivity index (χ4n) is 3.96. The molecule has 0 atom stereocenters. The molecule has 138 valence electrons. The average Bonchev–Trinajstić information content (AvgIpc) is 2.69. The van der Waals surface area contributed by atoms with Crippen LogP contribution in [0.1, 0.15) is 36.0 Å². The molecule has 0 spiro atoms. The van der Waals surface area contributed by atoms with Crippen molar-refractivity contribution in [3.8, 4) is 11.1 Å². The summed E-state index contributed by atoms with van der Waals surface area (Å²) < 4.78 is 0. The Labute approximate surface area is 159 Å². The molecule has 3 aromatic rings. The summed E-state index contributed by atoms with van der Waals surface area (Å²) in [5, 5.41) is 15.5. The van der Waals surface area contributed by atoms with E-state index in [1.165, 1.54) is 5.39 Å². The third-order valence-corrected chi connectivity index (χ3v) is 5.44. The van der Waals surface area contributed by atoms with Gasteiger partial charge >= 0.3 is 0 Å². The molecule has 0 heterocycles. The average molecular weight is 360 g/mol. The van der Waals surface area contributed by atoms with Crippen LogP contribution >= 0.6 is 0 Å². The van der Waals surface area contributed by atoms with Crippen LogP contribution in [0.3, 0.4) is 0 Å². The second-order valence-electron chi connectivity index (χ2n) is 7.30. The van der Waals surface area contributed by atoms with Gasteiger partial charge in [-0.3, -0.25) is 4.79 Å². The number of carbonyl (C=O) groups excluding carboxylic acids is 1. The number of hydrogen-bond donors (Lipinski definition) is 3. The van der Waals surface area contributed by atoms with Crippen molar-refractivity contribution in [2.45, 2.75) is 37.8 Å². The van der Waals surface area contributed by atoms with Crippen molar-refractivity contribution >= 4 is 22.4 Å². The SMILES string of the molecule is NC(=O)c1cc(-c2cccc3ccccc23)ccc1NC1CCC(O)CC1. The van der Waals surface area contributed by atoms with Gasteiger partial charge in [0.2, 0.25) is 0 Å². The second-order valence-corrected chi connectivity index (χ2v) is 7.30. The Balaban J connectivity index is 1.69. The minimum atomic E-state index is -0.435. The molecule has 4 heteroatoms. The third-order valence-electron chi connectivity index (χ3n) is 5.44. The molecule has 1 saturated carbocycles. The number of amides is 1. The maximum Gasteiger partial charge on any atom is 0.250 e. The highest BCUT2D eigenvalue weighted by Gasteiger charge is 2.21. The van der Waals surface area contributed by atoms with Crippen LogP contribution in [0, 0.1) is 0 Å². The number of aliphatic hydroxyl groups excluding tert-OH is 1. The summed E-state index contributed by atoms with van der Waals surface area (Å²) >= 11 is 0. The van der Waals surface area contributed by atoms with Crippen molar-refractivity contribution in [3.63, 3.8) is 0 Å². The molecule has 0 unspecified atom stereocenters. The molecule has 1 fully saturated rings. The molecule has 4 nitrogen and oxygen atoms in total. The molecule has 0 bridgehead atoms. The van der Waals surface area contributed by atoms with Crippen molar-refractivity contribution in [3.05, 3.63) is 66.2 Å². The van der Waals surface area contributed by atoms with Gasteiger partial charge in [-0.2, -0.15) is 0 Å². The van der Waals surface area contributed by atoms with Crippen LogP contribution in [-0.2, 0) is 0 Å². The first kappa shape index (κ1) is 17.6. The first-order chi connectivity index (χ1) is 13.1. The molecule has 0 aliphatic heterocycles. The number of nitrogens with two attached hydrogens (primary N) is 1. The highest BCUT2D eigenvalue weighted by Crippen LogP contribution is 2.32. The van der Waals surface area contributed by atoms with Crippen LogP contribution in [0.15, 0.2) is 60.7 Å². The predicted octanol–water partition coefficient (Wildman–Crippen LogP) is 4.32. The zero-order valence-electron chi connectivity index (χ0n) is 15.2. The van der Waals surface area contributed by atoms with E-state index in [2.05, 4.69) is 29.6 Å². The van der Waals surface area contributed by atoms with Crippen LogP contribution in [0.5, 0.6) is 0 Å². The van der Waals surface area contributed by atoms with Gasteiger partial charge in [0.25, 0.3) is 5.91 Å². The topological polar surface area (TPSA) is 75.4 Å². The van der Waals surface area contributed by atoms with E-state index in [1.807, 2.05) is 36.4 Å². The van der Waals surface area contributed by atoms with E-state index in [0.717, 1.165) is 47.9 Å². The van der Waals surface area contributed by atoms with Gasteiger partial charge in [-0.15, -0.1) is 0 Å². The second kappa shape index (κ2) is 7.41. The molecule has 1 aliphatic rings. The first-order valence-electron chi connectivity index (χ1n) is 9.48. The van der Waals surface area contributed by atoms with Gasteiger partial charge in [-0.1, -0.05) is 48.5 Å². The summed E-state index contributed by atoms with van der Waals surface area (Å²) in [5.74, 6) is -0.435. The predicted molar refractivity (Wildman–Crippen MR) is 110 cm³/mol. The molecule has 4 rings (SSSR count). The normalized spacial score (nSPS) is 19.7.